The molecule has 0 aromatic heterocycles. The summed E-state index contributed by atoms with van der Waals surface area (Å²) in [6, 6.07) is 0.676. The summed E-state index contributed by atoms with van der Waals surface area (Å²) < 4.78 is 0. The van der Waals surface area contributed by atoms with Crippen LogP contribution in [0.25, 0.3) is 0 Å². The van der Waals surface area contributed by atoms with E-state index < -0.39 is 0 Å². The van der Waals surface area contributed by atoms with Gasteiger partial charge in [-0.3, -0.25) is 4.90 Å². The van der Waals surface area contributed by atoms with Crippen LogP contribution < -0.4 is 5.73 Å². The summed E-state index contributed by atoms with van der Waals surface area (Å²) in [6.45, 7) is 10.4. The van der Waals surface area contributed by atoms with Crippen LogP contribution >= 0.6 is 11.8 Å². The molecule has 2 aliphatic rings. The highest BCUT2D eigenvalue weighted by atomic mass is 32.2. The van der Waals surface area contributed by atoms with Gasteiger partial charge in [0.1, 0.15) is 0 Å². The SMILES string of the molecule is CC(C)N1CCCC(CN)(N2CCSCC2)CC1. The van der Waals surface area contributed by atoms with Crippen molar-refractivity contribution in [3.8, 4) is 0 Å². The molecule has 0 saturated carbocycles. The van der Waals surface area contributed by atoms with Crippen LogP contribution in [0.5, 0.6) is 0 Å². The summed E-state index contributed by atoms with van der Waals surface area (Å²) in [5.41, 5.74) is 6.49. The second-order valence-corrected chi connectivity index (χ2v) is 7.24. The summed E-state index contributed by atoms with van der Waals surface area (Å²) in [5, 5.41) is 0. The van der Waals surface area contributed by atoms with Crippen molar-refractivity contribution < 1.29 is 0 Å². The van der Waals surface area contributed by atoms with Crippen LogP contribution in [0, 0.1) is 0 Å². The van der Waals surface area contributed by atoms with E-state index in [2.05, 4.69) is 35.4 Å². The molecule has 0 aliphatic carbocycles. The van der Waals surface area contributed by atoms with Crippen LogP contribution in [-0.2, 0) is 0 Å². The first kappa shape index (κ1) is 14.6. The van der Waals surface area contributed by atoms with Gasteiger partial charge in [-0.1, -0.05) is 0 Å². The lowest BCUT2D eigenvalue weighted by Crippen LogP contribution is -2.57. The Balaban J connectivity index is 2.02. The predicted molar refractivity (Wildman–Crippen MR) is 81.2 cm³/mol. The van der Waals surface area contributed by atoms with Gasteiger partial charge in [0, 0.05) is 49.3 Å². The van der Waals surface area contributed by atoms with E-state index >= 15 is 0 Å². The quantitative estimate of drug-likeness (QED) is 0.845. The average molecular weight is 271 g/mol. The van der Waals surface area contributed by atoms with Gasteiger partial charge < -0.3 is 10.6 Å². The molecule has 18 heavy (non-hydrogen) atoms. The molecule has 4 heteroatoms. The first-order valence-electron chi connectivity index (χ1n) is 7.45. The zero-order valence-corrected chi connectivity index (χ0v) is 12.8. The standard InChI is InChI=1S/C14H29N3S/c1-13(2)16-6-3-4-14(12-15,5-7-16)17-8-10-18-11-9-17/h13H,3-12,15H2,1-2H3. The van der Waals surface area contributed by atoms with Crippen molar-refractivity contribution in [1.82, 2.24) is 9.80 Å². The van der Waals surface area contributed by atoms with E-state index in [4.69, 9.17) is 5.73 Å². The Bertz CT molecular complexity index is 253. The fraction of sp³-hybridized carbons (Fsp3) is 1.00. The van der Waals surface area contributed by atoms with E-state index in [1.165, 1.54) is 56.9 Å². The van der Waals surface area contributed by atoms with Gasteiger partial charge in [-0.25, -0.2) is 0 Å². The minimum absolute atomic E-state index is 0.296. The molecular weight excluding hydrogens is 242 g/mol. The highest BCUT2D eigenvalue weighted by molar-refractivity contribution is 7.99. The van der Waals surface area contributed by atoms with Gasteiger partial charge in [0.05, 0.1) is 0 Å². The van der Waals surface area contributed by atoms with Crippen LogP contribution in [0.2, 0.25) is 0 Å². The molecule has 0 bridgehead atoms. The molecule has 2 rings (SSSR count). The number of hydrogen-bond donors (Lipinski definition) is 1. The van der Waals surface area contributed by atoms with E-state index in [1.807, 2.05) is 0 Å². The summed E-state index contributed by atoms with van der Waals surface area (Å²) in [7, 11) is 0. The Morgan fingerprint density at radius 3 is 2.44 bits per heavy atom. The van der Waals surface area contributed by atoms with Crippen LogP contribution in [0.15, 0.2) is 0 Å². The molecule has 2 saturated heterocycles. The van der Waals surface area contributed by atoms with Crippen LogP contribution in [0.4, 0.5) is 0 Å². The zero-order chi connectivity index (χ0) is 13.0. The summed E-state index contributed by atoms with van der Waals surface area (Å²) in [4.78, 5) is 5.32. The zero-order valence-electron chi connectivity index (χ0n) is 12.0. The van der Waals surface area contributed by atoms with E-state index in [1.54, 1.807) is 0 Å². The molecule has 1 atom stereocenters. The fourth-order valence-corrected chi connectivity index (χ4v) is 4.31. The Hall–Kier alpha value is 0.230. The van der Waals surface area contributed by atoms with Crippen molar-refractivity contribution in [2.45, 2.75) is 44.7 Å². The minimum atomic E-state index is 0.296. The third kappa shape index (κ3) is 3.21. The second-order valence-electron chi connectivity index (χ2n) is 6.01. The van der Waals surface area contributed by atoms with Crippen LogP contribution in [0.3, 0.4) is 0 Å². The van der Waals surface area contributed by atoms with Gasteiger partial charge in [0.15, 0.2) is 0 Å². The van der Waals surface area contributed by atoms with Gasteiger partial charge in [0.2, 0.25) is 0 Å². The lowest BCUT2D eigenvalue weighted by atomic mass is 9.88. The normalized spacial score (nSPS) is 32.7. The number of thioether (sulfide) groups is 1. The first-order valence-corrected chi connectivity index (χ1v) is 8.60. The molecule has 2 heterocycles. The number of nitrogens with two attached hydrogens (primary N) is 1. The van der Waals surface area contributed by atoms with Crippen LogP contribution in [-0.4, -0.2) is 65.6 Å². The van der Waals surface area contributed by atoms with Gasteiger partial charge >= 0.3 is 0 Å². The lowest BCUT2D eigenvalue weighted by Gasteiger charge is -2.45. The maximum atomic E-state index is 6.19. The average Bonchev–Trinajstić information content (AvgIpc) is 2.63. The highest BCUT2D eigenvalue weighted by Crippen LogP contribution is 2.30. The van der Waals surface area contributed by atoms with E-state index in [9.17, 15) is 0 Å². The number of hydrogen-bond acceptors (Lipinski definition) is 4. The molecule has 2 fully saturated rings. The molecule has 106 valence electrons. The molecule has 0 amide bonds. The van der Waals surface area contributed by atoms with Crippen molar-refractivity contribution >= 4 is 11.8 Å². The van der Waals surface area contributed by atoms with Crippen molar-refractivity contribution in [3.63, 3.8) is 0 Å². The fourth-order valence-electron chi connectivity index (χ4n) is 3.40. The van der Waals surface area contributed by atoms with Gasteiger partial charge in [-0.15, -0.1) is 0 Å². The molecular formula is C14H29N3S. The molecule has 3 nitrogen and oxygen atoms in total. The maximum absolute atomic E-state index is 6.19. The summed E-state index contributed by atoms with van der Waals surface area (Å²) in [5.74, 6) is 2.57. The molecule has 0 aromatic rings. The Labute approximate surface area is 116 Å². The van der Waals surface area contributed by atoms with E-state index in [0.717, 1.165) is 6.54 Å². The van der Waals surface area contributed by atoms with Crippen molar-refractivity contribution in [2.75, 3.05) is 44.2 Å². The smallest absolute Gasteiger partial charge is 0.0345 e. The Morgan fingerprint density at radius 1 is 1.11 bits per heavy atom. The van der Waals surface area contributed by atoms with E-state index in [-0.39, 0.29) is 0 Å². The van der Waals surface area contributed by atoms with Gasteiger partial charge in [-0.05, 0) is 39.7 Å². The number of nitrogens with zero attached hydrogens (tertiary/aromatic N) is 2. The van der Waals surface area contributed by atoms with Crippen molar-refractivity contribution in [2.24, 2.45) is 5.73 Å². The maximum Gasteiger partial charge on any atom is 0.0345 e. The summed E-state index contributed by atoms with van der Waals surface area (Å²) in [6.07, 6.45) is 3.85. The molecule has 1 unspecified atom stereocenters. The predicted octanol–water partition coefficient (Wildman–Crippen LogP) is 1.63. The van der Waals surface area contributed by atoms with Gasteiger partial charge in [-0.2, -0.15) is 11.8 Å². The largest absolute Gasteiger partial charge is 0.329 e. The summed E-state index contributed by atoms with van der Waals surface area (Å²) >= 11 is 2.09. The van der Waals surface area contributed by atoms with Crippen molar-refractivity contribution in [3.05, 3.63) is 0 Å². The molecule has 2 aliphatic heterocycles. The monoisotopic (exact) mass is 271 g/mol. The molecule has 0 radical (unpaired) electrons. The Kier molecular flexibility index (Phi) is 5.36. The minimum Gasteiger partial charge on any atom is -0.329 e. The number of rotatable bonds is 3. The van der Waals surface area contributed by atoms with Crippen LogP contribution in [0.1, 0.15) is 33.1 Å². The second kappa shape index (κ2) is 6.60. The lowest BCUT2D eigenvalue weighted by molar-refractivity contribution is 0.0874. The van der Waals surface area contributed by atoms with Crippen molar-refractivity contribution in [1.29, 1.82) is 0 Å². The molecule has 2 N–H and O–H groups in total. The third-order valence-corrected chi connectivity index (χ3v) is 5.69. The molecule has 0 spiro atoms. The topological polar surface area (TPSA) is 32.5 Å². The van der Waals surface area contributed by atoms with E-state index in [0.29, 0.717) is 11.6 Å². The van der Waals surface area contributed by atoms with Gasteiger partial charge in [0.25, 0.3) is 0 Å². The number of likely N-dealkylation sites (tertiary alicyclic amines) is 1. The first-order chi connectivity index (χ1) is 8.68. The third-order valence-electron chi connectivity index (χ3n) is 4.74. The highest BCUT2D eigenvalue weighted by Gasteiger charge is 2.37. The Morgan fingerprint density at radius 2 is 1.83 bits per heavy atom. The molecule has 0 aromatic carbocycles.